The van der Waals surface area contributed by atoms with Crippen LogP contribution >= 0.6 is 0 Å². The molecule has 0 bridgehead atoms. The molecule has 3 rings (SSSR count). The zero-order chi connectivity index (χ0) is 24.0. The lowest BCUT2D eigenvalue weighted by molar-refractivity contribution is -0.141. The second-order valence-corrected chi connectivity index (χ2v) is 8.16. The van der Waals surface area contributed by atoms with Crippen molar-refractivity contribution in [3.63, 3.8) is 0 Å². The maximum atomic E-state index is 13.5. The van der Waals surface area contributed by atoms with Crippen LogP contribution in [0.3, 0.4) is 0 Å². The van der Waals surface area contributed by atoms with E-state index in [-0.39, 0.29) is 5.56 Å². The molecular weight excluding hydrogens is 414 g/mol. The summed E-state index contributed by atoms with van der Waals surface area (Å²) in [4.78, 5) is 29.9. The molecule has 0 fully saturated rings. The molecule has 6 nitrogen and oxygen atoms in total. The normalized spacial score (nSPS) is 11.7. The Morgan fingerprint density at radius 3 is 2.45 bits per heavy atom. The van der Waals surface area contributed by atoms with E-state index >= 15 is 0 Å². The van der Waals surface area contributed by atoms with E-state index in [0.29, 0.717) is 36.2 Å². The molecule has 0 aliphatic heterocycles. The summed E-state index contributed by atoms with van der Waals surface area (Å²) in [6, 6.07) is 16.5. The average Bonchev–Trinajstić information content (AvgIpc) is 2.82. The van der Waals surface area contributed by atoms with Crippen LogP contribution in [0.15, 0.2) is 53.3 Å². The summed E-state index contributed by atoms with van der Waals surface area (Å²) in [6.45, 7) is 5.55. The predicted molar refractivity (Wildman–Crippen MR) is 128 cm³/mol. The maximum Gasteiger partial charge on any atom is 0.326 e. The summed E-state index contributed by atoms with van der Waals surface area (Å²) in [7, 11) is 0. The van der Waals surface area contributed by atoms with Crippen molar-refractivity contribution in [2.45, 2.75) is 58.9 Å². The number of carbonyl (C=O) groups is 1. The predicted octanol–water partition coefficient (Wildman–Crippen LogP) is 5.06. The van der Waals surface area contributed by atoms with Gasteiger partial charge < -0.3 is 5.11 Å². The number of aryl methyl sites for hydroxylation is 2. The lowest BCUT2D eigenvalue weighted by Gasteiger charge is -2.20. The van der Waals surface area contributed by atoms with Crippen LogP contribution in [-0.2, 0) is 17.6 Å². The van der Waals surface area contributed by atoms with E-state index in [2.05, 4.69) is 18.0 Å². The molecule has 0 amide bonds. The molecular formula is C27H29N3O3. The van der Waals surface area contributed by atoms with Crippen LogP contribution in [0.2, 0.25) is 0 Å². The molecule has 0 radical (unpaired) electrons. The fourth-order valence-electron chi connectivity index (χ4n) is 4.13. The topological polar surface area (TPSA) is 96.0 Å². The minimum Gasteiger partial charge on any atom is -0.480 e. The number of hydrogen-bond donors (Lipinski definition) is 1. The van der Waals surface area contributed by atoms with Gasteiger partial charge in [-0.05, 0) is 48.9 Å². The number of carboxylic acid groups (broad SMARTS) is 1. The first-order chi connectivity index (χ1) is 15.9. The number of carboxylic acids is 1. The van der Waals surface area contributed by atoms with E-state index in [1.54, 1.807) is 19.9 Å². The molecule has 0 aliphatic rings. The third-order valence-corrected chi connectivity index (χ3v) is 5.91. The number of aromatic nitrogens is 2. The zero-order valence-electron chi connectivity index (χ0n) is 19.3. The first-order valence-electron chi connectivity index (χ1n) is 11.3. The fourth-order valence-corrected chi connectivity index (χ4v) is 4.13. The first kappa shape index (κ1) is 23.9. The number of hydrogen-bond acceptors (Lipinski definition) is 4. The van der Waals surface area contributed by atoms with Gasteiger partial charge in [-0.1, -0.05) is 62.7 Å². The van der Waals surface area contributed by atoms with Gasteiger partial charge in [-0.15, -0.1) is 0 Å². The third kappa shape index (κ3) is 5.20. The Hall–Kier alpha value is -3.72. The Labute approximate surface area is 194 Å². The Balaban J connectivity index is 2.03. The second kappa shape index (κ2) is 10.7. The second-order valence-electron chi connectivity index (χ2n) is 8.16. The van der Waals surface area contributed by atoms with E-state index in [1.165, 1.54) is 4.57 Å². The molecule has 1 atom stereocenters. The Kier molecular flexibility index (Phi) is 7.78. The van der Waals surface area contributed by atoms with Gasteiger partial charge >= 0.3 is 5.97 Å². The lowest BCUT2D eigenvalue weighted by atomic mass is 9.96. The minimum absolute atomic E-state index is 0.276. The summed E-state index contributed by atoms with van der Waals surface area (Å²) in [6.07, 6.45) is 3.24. The fraction of sp³-hybridized carbons (Fsp3) is 0.333. The Morgan fingerprint density at radius 1 is 1.15 bits per heavy atom. The summed E-state index contributed by atoms with van der Waals surface area (Å²) < 4.78 is 1.32. The molecule has 1 N–H and O–H groups in total. The van der Waals surface area contributed by atoms with Crippen LogP contribution in [-0.4, -0.2) is 20.6 Å². The number of aliphatic carboxylic acids is 1. The van der Waals surface area contributed by atoms with Gasteiger partial charge in [-0.25, -0.2) is 9.78 Å². The van der Waals surface area contributed by atoms with E-state index in [4.69, 9.17) is 0 Å². The van der Waals surface area contributed by atoms with E-state index in [0.717, 1.165) is 35.2 Å². The monoisotopic (exact) mass is 443 g/mol. The third-order valence-electron chi connectivity index (χ3n) is 5.91. The molecule has 0 saturated carbocycles. The van der Waals surface area contributed by atoms with Gasteiger partial charge in [0.2, 0.25) is 0 Å². The molecule has 1 heterocycles. The Bertz CT molecular complexity index is 1240. The maximum absolute atomic E-state index is 13.5. The molecule has 1 unspecified atom stereocenters. The molecule has 0 spiro atoms. The highest BCUT2D eigenvalue weighted by Crippen LogP contribution is 2.24. The number of unbranched alkanes of at least 4 members (excludes halogenated alkanes) is 1. The molecule has 1 aromatic heterocycles. The number of rotatable bonds is 9. The number of nitriles is 1. The van der Waals surface area contributed by atoms with Gasteiger partial charge in [0.05, 0.1) is 17.3 Å². The highest BCUT2D eigenvalue weighted by Gasteiger charge is 2.24. The van der Waals surface area contributed by atoms with Crippen LogP contribution in [0.1, 0.15) is 67.4 Å². The molecule has 3 aromatic rings. The van der Waals surface area contributed by atoms with Crippen molar-refractivity contribution in [3.8, 4) is 17.2 Å². The SMILES string of the molecule is CCCCc1nc(C)n(C(CC)C(=O)O)c(=O)c1Cc1ccc(-c2ccccc2C#N)cc1. The largest absolute Gasteiger partial charge is 0.480 e. The van der Waals surface area contributed by atoms with Gasteiger partial charge in [-0.2, -0.15) is 5.26 Å². The van der Waals surface area contributed by atoms with Crippen LogP contribution in [0.25, 0.3) is 11.1 Å². The molecule has 2 aromatic carbocycles. The average molecular weight is 444 g/mol. The van der Waals surface area contributed by atoms with E-state index in [9.17, 15) is 20.0 Å². The van der Waals surface area contributed by atoms with Crippen molar-refractivity contribution in [2.75, 3.05) is 0 Å². The quantitative estimate of drug-likeness (QED) is 0.499. The van der Waals surface area contributed by atoms with Gasteiger partial charge in [0.1, 0.15) is 11.9 Å². The summed E-state index contributed by atoms with van der Waals surface area (Å²) in [5.41, 5.74) is 4.36. The smallest absolute Gasteiger partial charge is 0.326 e. The van der Waals surface area contributed by atoms with Crippen LogP contribution in [0.4, 0.5) is 0 Å². The van der Waals surface area contributed by atoms with Crippen LogP contribution < -0.4 is 5.56 Å². The van der Waals surface area contributed by atoms with Crippen molar-refractivity contribution in [1.29, 1.82) is 5.26 Å². The van der Waals surface area contributed by atoms with E-state index in [1.807, 2.05) is 42.5 Å². The minimum atomic E-state index is -1.03. The van der Waals surface area contributed by atoms with Gasteiger partial charge in [0.25, 0.3) is 5.56 Å². The van der Waals surface area contributed by atoms with Gasteiger partial charge in [0.15, 0.2) is 0 Å². The van der Waals surface area contributed by atoms with Gasteiger partial charge in [0, 0.05) is 12.0 Å². The molecule has 0 aliphatic carbocycles. The van der Waals surface area contributed by atoms with Crippen molar-refractivity contribution < 1.29 is 9.90 Å². The summed E-state index contributed by atoms with van der Waals surface area (Å²) in [5, 5.41) is 19.0. The van der Waals surface area contributed by atoms with Crippen molar-refractivity contribution in [1.82, 2.24) is 9.55 Å². The summed E-state index contributed by atoms with van der Waals surface area (Å²) in [5.74, 6) is -0.593. The molecule has 33 heavy (non-hydrogen) atoms. The highest BCUT2D eigenvalue weighted by molar-refractivity contribution is 5.72. The zero-order valence-corrected chi connectivity index (χ0v) is 19.3. The van der Waals surface area contributed by atoms with E-state index < -0.39 is 12.0 Å². The highest BCUT2D eigenvalue weighted by atomic mass is 16.4. The van der Waals surface area contributed by atoms with Crippen molar-refractivity contribution >= 4 is 5.97 Å². The number of benzene rings is 2. The van der Waals surface area contributed by atoms with Crippen molar-refractivity contribution in [3.05, 3.63) is 87.1 Å². The van der Waals surface area contributed by atoms with Gasteiger partial charge in [-0.3, -0.25) is 9.36 Å². The molecule has 0 saturated heterocycles. The molecule has 6 heteroatoms. The van der Waals surface area contributed by atoms with Crippen LogP contribution in [0.5, 0.6) is 0 Å². The standard InChI is InChI=1S/C27H29N3O3/c1-4-6-11-24-23(26(31)30(18(3)29-24)25(5-2)27(32)33)16-19-12-14-20(15-13-19)22-10-8-7-9-21(22)17-28/h7-10,12-15,25H,4-6,11,16H2,1-3H3,(H,32,33). The lowest BCUT2D eigenvalue weighted by Crippen LogP contribution is -2.35. The number of nitrogens with zero attached hydrogens (tertiary/aromatic N) is 3. The molecule has 170 valence electrons. The summed E-state index contributed by atoms with van der Waals surface area (Å²) >= 11 is 0. The van der Waals surface area contributed by atoms with Crippen molar-refractivity contribution in [2.24, 2.45) is 0 Å². The van der Waals surface area contributed by atoms with Crippen LogP contribution in [0, 0.1) is 18.3 Å². The first-order valence-corrected chi connectivity index (χ1v) is 11.3. The Morgan fingerprint density at radius 2 is 1.85 bits per heavy atom.